The Morgan fingerprint density at radius 2 is 2.23 bits per heavy atom. The van der Waals surface area contributed by atoms with Crippen molar-refractivity contribution >= 4 is 11.8 Å². The SMILES string of the molecule is C=Cc1cc(C(C)C)ncc1NC. The van der Waals surface area contributed by atoms with Crippen LogP contribution in [-0.2, 0) is 0 Å². The molecule has 0 bridgehead atoms. The van der Waals surface area contributed by atoms with Crippen LogP contribution in [0.1, 0.15) is 31.0 Å². The summed E-state index contributed by atoms with van der Waals surface area (Å²) in [6, 6.07) is 2.07. The molecular weight excluding hydrogens is 160 g/mol. The van der Waals surface area contributed by atoms with Crippen LogP contribution in [0.5, 0.6) is 0 Å². The van der Waals surface area contributed by atoms with Gasteiger partial charge in [0, 0.05) is 18.3 Å². The number of hydrogen-bond donors (Lipinski definition) is 1. The quantitative estimate of drug-likeness (QED) is 0.766. The van der Waals surface area contributed by atoms with Crippen molar-refractivity contribution in [2.45, 2.75) is 19.8 Å². The lowest BCUT2D eigenvalue weighted by Gasteiger charge is -2.09. The van der Waals surface area contributed by atoms with Gasteiger partial charge in [-0.05, 0) is 12.0 Å². The van der Waals surface area contributed by atoms with E-state index in [2.05, 4.69) is 36.8 Å². The van der Waals surface area contributed by atoms with E-state index in [1.54, 1.807) is 0 Å². The van der Waals surface area contributed by atoms with E-state index in [4.69, 9.17) is 0 Å². The molecule has 0 saturated heterocycles. The van der Waals surface area contributed by atoms with Gasteiger partial charge in [0.25, 0.3) is 0 Å². The molecule has 0 fully saturated rings. The van der Waals surface area contributed by atoms with Crippen LogP contribution in [0.25, 0.3) is 6.08 Å². The molecule has 0 atom stereocenters. The molecule has 13 heavy (non-hydrogen) atoms. The third kappa shape index (κ3) is 2.08. The first-order valence-electron chi connectivity index (χ1n) is 4.49. The second-order valence-corrected chi connectivity index (χ2v) is 3.31. The second-order valence-electron chi connectivity index (χ2n) is 3.31. The van der Waals surface area contributed by atoms with Crippen LogP contribution >= 0.6 is 0 Å². The van der Waals surface area contributed by atoms with Crippen molar-refractivity contribution in [3.8, 4) is 0 Å². The van der Waals surface area contributed by atoms with E-state index in [9.17, 15) is 0 Å². The average Bonchev–Trinajstić information content (AvgIpc) is 2.16. The molecule has 0 aliphatic carbocycles. The molecule has 0 aliphatic heterocycles. The lowest BCUT2D eigenvalue weighted by Crippen LogP contribution is -1.97. The van der Waals surface area contributed by atoms with Crippen molar-refractivity contribution in [3.05, 3.63) is 30.1 Å². The van der Waals surface area contributed by atoms with E-state index in [1.807, 2.05) is 19.3 Å². The maximum Gasteiger partial charge on any atom is 0.0597 e. The number of nitrogens with zero attached hydrogens (tertiary/aromatic N) is 1. The van der Waals surface area contributed by atoms with Gasteiger partial charge in [0.2, 0.25) is 0 Å². The fraction of sp³-hybridized carbons (Fsp3) is 0.364. The van der Waals surface area contributed by atoms with Crippen molar-refractivity contribution in [2.75, 3.05) is 12.4 Å². The minimum Gasteiger partial charge on any atom is -0.386 e. The van der Waals surface area contributed by atoms with E-state index >= 15 is 0 Å². The van der Waals surface area contributed by atoms with E-state index in [0.717, 1.165) is 16.9 Å². The number of rotatable bonds is 3. The van der Waals surface area contributed by atoms with E-state index in [1.165, 1.54) is 0 Å². The molecule has 1 heterocycles. The highest BCUT2D eigenvalue weighted by Crippen LogP contribution is 2.20. The number of nitrogens with one attached hydrogen (secondary N) is 1. The minimum absolute atomic E-state index is 0.463. The van der Waals surface area contributed by atoms with Gasteiger partial charge in [-0.1, -0.05) is 26.5 Å². The Bertz CT molecular complexity index is 303. The van der Waals surface area contributed by atoms with Gasteiger partial charge in [-0.2, -0.15) is 0 Å². The Kier molecular flexibility index (Phi) is 3.07. The van der Waals surface area contributed by atoms with Crippen molar-refractivity contribution in [1.82, 2.24) is 4.98 Å². The monoisotopic (exact) mass is 176 g/mol. The first-order chi connectivity index (χ1) is 6.19. The number of aromatic nitrogens is 1. The number of hydrogen-bond acceptors (Lipinski definition) is 2. The highest BCUT2D eigenvalue weighted by molar-refractivity contribution is 5.64. The molecule has 1 aromatic rings. The Morgan fingerprint density at radius 3 is 2.69 bits per heavy atom. The summed E-state index contributed by atoms with van der Waals surface area (Å²) in [5, 5.41) is 3.08. The van der Waals surface area contributed by atoms with Gasteiger partial charge in [0.05, 0.1) is 11.9 Å². The first kappa shape index (κ1) is 9.78. The van der Waals surface area contributed by atoms with Gasteiger partial charge in [0.15, 0.2) is 0 Å². The Balaban J connectivity index is 3.13. The Hall–Kier alpha value is -1.31. The maximum absolute atomic E-state index is 4.35. The van der Waals surface area contributed by atoms with Gasteiger partial charge in [-0.3, -0.25) is 4.98 Å². The highest BCUT2D eigenvalue weighted by Gasteiger charge is 2.03. The normalized spacial score (nSPS) is 10.2. The summed E-state index contributed by atoms with van der Waals surface area (Å²) in [4.78, 5) is 4.35. The minimum atomic E-state index is 0.463. The van der Waals surface area contributed by atoms with Crippen molar-refractivity contribution in [1.29, 1.82) is 0 Å². The molecule has 0 saturated carbocycles. The molecule has 0 radical (unpaired) electrons. The summed E-state index contributed by atoms with van der Waals surface area (Å²) < 4.78 is 0. The predicted molar refractivity (Wildman–Crippen MR) is 58.0 cm³/mol. The molecule has 0 aromatic carbocycles. The largest absolute Gasteiger partial charge is 0.386 e. The van der Waals surface area contributed by atoms with Crippen LogP contribution in [0.3, 0.4) is 0 Å². The molecule has 0 aliphatic rings. The third-order valence-corrected chi connectivity index (χ3v) is 2.04. The van der Waals surface area contributed by atoms with Gasteiger partial charge < -0.3 is 5.32 Å². The molecule has 0 amide bonds. The van der Waals surface area contributed by atoms with Crippen LogP contribution in [0.15, 0.2) is 18.8 Å². The maximum atomic E-state index is 4.35. The molecule has 1 N–H and O–H groups in total. The van der Waals surface area contributed by atoms with Crippen LogP contribution in [0.2, 0.25) is 0 Å². The van der Waals surface area contributed by atoms with Crippen LogP contribution < -0.4 is 5.32 Å². The van der Waals surface area contributed by atoms with E-state index in [0.29, 0.717) is 5.92 Å². The average molecular weight is 176 g/mol. The van der Waals surface area contributed by atoms with Crippen molar-refractivity contribution < 1.29 is 0 Å². The molecule has 0 unspecified atom stereocenters. The van der Waals surface area contributed by atoms with Crippen LogP contribution in [0, 0.1) is 0 Å². The van der Waals surface area contributed by atoms with Crippen molar-refractivity contribution in [2.24, 2.45) is 0 Å². The summed E-state index contributed by atoms with van der Waals surface area (Å²) in [5.74, 6) is 0.463. The smallest absolute Gasteiger partial charge is 0.0597 e. The first-order valence-corrected chi connectivity index (χ1v) is 4.49. The fourth-order valence-corrected chi connectivity index (χ4v) is 1.18. The third-order valence-electron chi connectivity index (χ3n) is 2.04. The molecule has 1 aromatic heterocycles. The predicted octanol–water partition coefficient (Wildman–Crippen LogP) is 2.89. The van der Waals surface area contributed by atoms with E-state index in [-0.39, 0.29) is 0 Å². The summed E-state index contributed by atoms with van der Waals surface area (Å²) in [7, 11) is 1.89. The molecule has 1 rings (SSSR count). The summed E-state index contributed by atoms with van der Waals surface area (Å²) in [6.45, 7) is 8.04. The zero-order valence-corrected chi connectivity index (χ0v) is 8.46. The molecular formula is C11H16N2. The molecule has 2 nitrogen and oxygen atoms in total. The standard InChI is InChI=1S/C11H16N2/c1-5-9-6-10(8(2)3)13-7-11(9)12-4/h5-8,12H,1H2,2-4H3. The molecule has 70 valence electrons. The summed E-state index contributed by atoms with van der Waals surface area (Å²) in [5.41, 5.74) is 3.24. The summed E-state index contributed by atoms with van der Waals surface area (Å²) >= 11 is 0. The molecule has 0 spiro atoms. The van der Waals surface area contributed by atoms with E-state index < -0.39 is 0 Å². The van der Waals surface area contributed by atoms with Gasteiger partial charge >= 0.3 is 0 Å². The van der Waals surface area contributed by atoms with Crippen LogP contribution in [0.4, 0.5) is 5.69 Å². The topological polar surface area (TPSA) is 24.9 Å². The van der Waals surface area contributed by atoms with Crippen molar-refractivity contribution in [3.63, 3.8) is 0 Å². The van der Waals surface area contributed by atoms with Gasteiger partial charge in [0.1, 0.15) is 0 Å². The number of anilines is 1. The number of pyridine rings is 1. The Morgan fingerprint density at radius 1 is 1.54 bits per heavy atom. The highest BCUT2D eigenvalue weighted by atomic mass is 14.9. The van der Waals surface area contributed by atoms with Gasteiger partial charge in [-0.25, -0.2) is 0 Å². The molecule has 2 heteroatoms. The lowest BCUT2D eigenvalue weighted by atomic mass is 10.1. The Labute approximate surface area is 79.7 Å². The van der Waals surface area contributed by atoms with Gasteiger partial charge in [-0.15, -0.1) is 0 Å². The second kappa shape index (κ2) is 4.08. The summed E-state index contributed by atoms with van der Waals surface area (Å²) in [6.07, 6.45) is 3.70. The zero-order chi connectivity index (χ0) is 9.84. The fourth-order valence-electron chi connectivity index (χ4n) is 1.18. The van der Waals surface area contributed by atoms with Crippen LogP contribution in [-0.4, -0.2) is 12.0 Å². The zero-order valence-electron chi connectivity index (χ0n) is 8.46. The lowest BCUT2D eigenvalue weighted by molar-refractivity contribution is 0.822.